The summed E-state index contributed by atoms with van der Waals surface area (Å²) in [6.45, 7) is 2.06. The molecule has 0 saturated heterocycles. The van der Waals surface area contributed by atoms with Crippen LogP contribution in [-0.2, 0) is 0 Å². The van der Waals surface area contributed by atoms with Crippen molar-refractivity contribution in [1.29, 1.82) is 0 Å². The lowest BCUT2D eigenvalue weighted by Crippen LogP contribution is -1.96. The van der Waals surface area contributed by atoms with Crippen molar-refractivity contribution in [3.8, 4) is 39.2 Å². The molecule has 0 N–H and O–H groups in total. The molecule has 0 atom stereocenters. The normalized spacial score (nSPS) is 11.8. The molecule has 0 aliphatic rings. The summed E-state index contributed by atoms with van der Waals surface area (Å²) in [5, 5.41) is 5.63. The molecule has 0 spiro atoms. The van der Waals surface area contributed by atoms with Gasteiger partial charge in [0, 0.05) is 43.7 Å². The van der Waals surface area contributed by atoms with Gasteiger partial charge in [0.2, 0.25) is 0 Å². The van der Waals surface area contributed by atoms with Gasteiger partial charge < -0.3 is 4.42 Å². The number of nitrogens with zero attached hydrogens (tertiary/aromatic N) is 3. The van der Waals surface area contributed by atoms with Crippen LogP contribution < -0.4 is 0 Å². The average molecular weight is 628 g/mol. The first-order valence-electron chi connectivity index (χ1n) is 16.6. The molecule has 0 radical (unpaired) electrons. The first-order valence-corrected chi connectivity index (χ1v) is 16.6. The first-order chi connectivity index (χ1) is 24.2. The molecule has 4 nitrogen and oxygen atoms in total. The van der Waals surface area contributed by atoms with E-state index in [1.807, 2.05) is 12.1 Å². The van der Waals surface area contributed by atoms with Crippen molar-refractivity contribution in [2.24, 2.45) is 0 Å². The molecular weight excluding hydrogens is 599 g/mol. The van der Waals surface area contributed by atoms with E-state index >= 15 is 0 Å². The number of imidazole rings is 1. The molecule has 0 unspecified atom stereocenters. The van der Waals surface area contributed by atoms with E-state index < -0.39 is 0 Å². The topological polar surface area (TPSA) is 43.9 Å². The summed E-state index contributed by atoms with van der Waals surface area (Å²) in [6, 6.07) is 55.5. The maximum atomic E-state index is 6.56. The predicted molar refractivity (Wildman–Crippen MR) is 202 cm³/mol. The van der Waals surface area contributed by atoms with E-state index in [1.54, 1.807) is 0 Å². The number of hydrogen-bond donors (Lipinski definition) is 0. The number of rotatable bonds is 4. The summed E-state index contributed by atoms with van der Waals surface area (Å²) >= 11 is 0. The third-order valence-electron chi connectivity index (χ3n) is 9.71. The summed E-state index contributed by atoms with van der Waals surface area (Å²) in [5.74, 6) is 0.971. The van der Waals surface area contributed by atoms with E-state index in [2.05, 4.69) is 157 Å². The molecular formula is C45H29N3O. The number of aryl methyl sites for hydroxylation is 1. The second-order valence-corrected chi connectivity index (χ2v) is 12.6. The molecule has 0 bridgehead atoms. The Morgan fingerprint density at radius 3 is 2.02 bits per heavy atom. The Hall–Kier alpha value is -6.52. The third kappa shape index (κ3) is 4.31. The van der Waals surface area contributed by atoms with Gasteiger partial charge in [-0.2, -0.15) is 0 Å². The number of benzene rings is 7. The summed E-state index contributed by atoms with van der Waals surface area (Å²) in [4.78, 5) is 10.1. The van der Waals surface area contributed by atoms with Crippen molar-refractivity contribution < 1.29 is 4.42 Å². The van der Waals surface area contributed by atoms with Gasteiger partial charge in [-0.05, 0) is 72.1 Å². The van der Waals surface area contributed by atoms with Crippen LogP contribution in [0.3, 0.4) is 0 Å². The number of pyridine rings is 1. The minimum atomic E-state index is 0.861. The molecule has 3 aromatic heterocycles. The second kappa shape index (κ2) is 10.8. The standard InChI is InChI=1S/C45H29N3O/c1-28-46-38-19-8-9-20-39(38)48(28)33-24-22-29(23-25-33)31-14-11-15-32(26-31)45-36-27-41-44(35-17-6-10-21-40(35)49-41)42(30-12-3-2-4-13-30)43(36)34-16-5-7-18-37(34)47-45/h2-27H,1H3. The first kappa shape index (κ1) is 27.6. The van der Waals surface area contributed by atoms with Gasteiger partial charge >= 0.3 is 0 Å². The number of furan rings is 1. The maximum Gasteiger partial charge on any atom is 0.136 e. The van der Waals surface area contributed by atoms with E-state index in [0.29, 0.717) is 0 Å². The monoisotopic (exact) mass is 627 g/mol. The van der Waals surface area contributed by atoms with Crippen molar-refractivity contribution in [1.82, 2.24) is 14.5 Å². The molecule has 0 saturated carbocycles. The number of hydrogen-bond acceptors (Lipinski definition) is 3. The van der Waals surface area contributed by atoms with E-state index in [9.17, 15) is 0 Å². The fourth-order valence-electron chi connectivity index (χ4n) is 7.55. The van der Waals surface area contributed by atoms with Gasteiger partial charge in [-0.15, -0.1) is 0 Å². The highest BCUT2D eigenvalue weighted by molar-refractivity contribution is 6.27. The molecule has 4 heteroatoms. The van der Waals surface area contributed by atoms with Crippen molar-refractivity contribution in [3.05, 3.63) is 164 Å². The van der Waals surface area contributed by atoms with Crippen molar-refractivity contribution >= 4 is 54.6 Å². The molecule has 49 heavy (non-hydrogen) atoms. The van der Waals surface area contributed by atoms with E-state index in [1.165, 1.54) is 10.9 Å². The van der Waals surface area contributed by atoms with Gasteiger partial charge in [0.15, 0.2) is 0 Å². The van der Waals surface area contributed by atoms with Gasteiger partial charge in [-0.3, -0.25) is 4.57 Å². The largest absolute Gasteiger partial charge is 0.456 e. The van der Waals surface area contributed by atoms with Crippen LogP contribution in [0, 0.1) is 6.92 Å². The highest BCUT2D eigenvalue weighted by atomic mass is 16.3. The molecule has 0 aliphatic heterocycles. The van der Waals surface area contributed by atoms with Crippen LogP contribution in [0.2, 0.25) is 0 Å². The smallest absolute Gasteiger partial charge is 0.136 e. The Bertz CT molecular complexity index is 2880. The Balaban J connectivity index is 1.20. The molecule has 0 aliphatic carbocycles. The number of fused-ring (bicyclic) bond motifs is 7. The van der Waals surface area contributed by atoms with Gasteiger partial charge in [-0.1, -0.05) is 109 Å². The van der Waals surface area contributed by atoms with E-state index in [4.69, 9.17) is 14.4 Å². The Labute approximate surface area is 282 Å². The summed E-state index contributed by atoms with van der Waals surface area (Å²) < 4.78 is 8.77. The third-order valence-corrected chi connectivity index (χ3v) is 9.71. The van der Waals surface area contributed by atoms with Gasteiger partial charge in [0.05, 0.1) is 22.2 Å². The SMILES string of the molecule is Cc1nc2ccccc2n1-c1ccc(-c2cccc(-c3nc4ccccc4c4c(-c5ccccc5)c5c(cc34)oc3ccccc35)c2)cc1. The lowest BCUT2D eigenvalue weighted by molar-refractivity contribution is 0.669. The Kier molecular flexibility index (Phi) is 6.06. The van der Waals surface area contributed by atoms with Gasteiger partial charge in [-0.25, -0.2) is 9.97 Å². The summed E-state index contributed by atoms with van der Waals surface area (Å²) in [6.07, 6.45) is 0. The fourth-order valence-corrected chi connectivity index (χ4v) is 7.55. The van der Waals surface area contributed by atoms with Crippen LogP contribution in [0.25, 0.3) is 93.8 Å². The number of para-hydroxylation sites is 4. The van der Waals surface area contributed by atoms with Gasteiger partial charge in [0.25, 0.3) is 0 Å². The number of aromatic nitrogens is 3. The fraction of sp³-hybridized carbons (Fsp3) is 0.0222. The van der Waals surface area contributed by atoms with Gasteiger partial charge in [0.1, 0.15) is 17.0 Å². The Morgan fingerprint density at radius 1 is 0.469 bits per heavy atom. The molecule has 10 rings (SSSR count). The van der Waals surface area contributed by atoms with E-state index in [-0.39, 0.29) is 0 Å². The molecule has 0 fully saturated rings. The van der Waals surface area contributed by atoms with Crippen molar-refractivity contribution in [2.45, 2.75) is 6.92 Å². The zero-order valence-corrected chi connectivity index (χ0v) is 26.8. The van der Waals surface area contributed by atoms with E-state index in [0.717, 1.165) is 88.7 Å². The Morgan fingerprint density at radius 2 is 1.16 bits per heavy atom. The minimum absolute atomic E-state index is 0.861. The molecule has 10 aromatic rings. The van der Waals surface area contributed by atoms with Crippen LogP contribution in [0.15, 0.2) is 162 Å². The molecule has 230 valence electrons. The molecule has 7 aromatic carbocycles. The van der Waals surface area contributed by atoms with Crippen LogP contribution in [0.5, 0.6) is 0 Å². The minimum Gasteiger partial charge on any atom is -0.456 e. The van der Waals surface area contributed by atoms with Crippen molar-refractivity contribution in [2.75, 3.05) is 0 Å². The molecule has 3 heterocycles. The van der Waals surface area contributed by atoms with Crippen LogP contribution in [-0.4, -0.2) is 14.5 Å². The van der Waals surface area contributed by atoms with Crippen LogP contribution >= 0.6 is 0 Å². The van der Waals surface area contributed by atoms with Crippen molar-refractivity contribution in [3.63, 3.8) is 0 Å². The quantitative estimate of drug-likeness (QED) is 0.182. The molecule has 0 amide bonds. The van der Waals surface area contributed by atoms with Crippen LogP contribution in [0.1, 0.15) is 5.82 Å². The highest BCUT2D eigenvalue weighted by Crippen LogP contribution is 2.46. The predicted octanol–water partition coefficient (Wildman–Crippen LogP) is 11.9. The zero-order chi connectivity index (χ0) is 32.5. The second-order valence-electron chi connectivity index (χ2n) is 12.6. The summed E-state index contributed by atoms with van der Waals surface area (Å²) in [5.41, 5.74) is 12.5. The highest BCUT2D eigenvalue weighted by Gasteiger charge is 2.21. The summed E-state index contributed by atoms with van der Waals surface area (Å²) in [7, 11) is 0. The lowest BCUT2D eigenvalue weighted by Gasteiger charge is -2.16. The maximum absolute atomic E-state index is 6.56. The average Bonchev–Trinajstić information content (AvgIpc) is 3.70. The lowest BCUT2D eigenvalue weighted by atomic mass is 9.89. The van der Waals surface area contributed by atoms with Crippen LogP contribution in [0.4, 0.5) is 0 Å². The zero-order valence-electron chi connectivity index (χ0n) is 26.8.